The van der Waals surface area contributed by atoms with Crippen LogP contribution in [0.3, 0.4) is 0 Å². The monoisotopic (exact) mass is 263 g/mol. The average molecular weight is 263 g/mol. The van der Waals surface area contributed by atoms with Gasteiger partial charge in [0, 0.05) is 5.56 Å². The van der Waals surface area contributed by atoms with Gasteiger partial charge < -0.3 is 0 Å². The number of hydrogen-bond acceptors (Lipinski definition) is 1. The molecule has 2 aromatic rings. The molecule has 0 fully saturated rings. The Balaban J connectivity index is 2.51. The highest BCUT2D eigenvalue weighted by atomic mass is 28.3. The zero-order valence-electron chi connectivity index (χ0n) is 10.7. The topological polar surface area (TPSA) is 12.9 Å². The molecule has 0 aliphatic carbocycles. The van der Waals surface area contributed by atoms with E-state index >= 15 is 0 Å². The maximum atomic E-state index is 13.6. The minimum Gasteiger partial charge on any atom is -0.190 e. The molecular weight excluding hydrogens is 248 g/mol. The summed E-state index contributed by atoms with van der Waals surface area (Å²) in [4.78, 5) is 3.22. The van der Waals surface area contributed by atoms with Gasteiger partial charge in [-0.3, -0.25) is 0 Å². The van der Waals surface area contributed by atoms with Crippen LogP contribution < -0.4 is 5.19 Å². The number of hydrogen-bond donors (Lipinski definition) is 0. The molecule has 0 N–H and O–H groups in total. The Bertz CT molecular complexity index is 576. The van der Waals surface area contributed by atoms with Crippen molar-refractivity contribution in [2.24, 2.45) is 0 Å². The lowest BCUT2D eigenvalue weighted by Gasteiger charge is -2.17. The van der Waals surface area contributed by atoms with Crippen LogP contribution in [-0.4, -0.2) is 13.1 Å². The summed E-state index contributed by atoms with van der Waals surface area (Å²) in [6, 6.07) is 10.4. The molecule has 0 bridgehead atoms. The lowest BCUT2D eigenvalue weighted by atomic mass is 10.1. The first-order valence-electron chi connectivity index (χ1n) is 5.81. The zero-order chi connectivity index (χ0) is 13.3. The second-order valence-corrected chi connectivity index (χ2v) is 10.4. The van der Waals surface area contributed by atoms with Crippen molar-refractivity contribution < 1.29 is 8.78 Å². The van der Waals surface area contributed by atoms with Crippen LogP contribution in [0.4, 0.5) is 8.78 Å². The van der Waals surface area contributed by atoms with Gasteiger partial charge >= 0.3 is 0 Å². The molecule has 0 spiro atoms. The molecule has 94 valence electrons. The fraction of sp³-hybridized carbons (Fsp3) is 0.214. The Morgan fingerprint density at radius 2 is 1.72 bits per heavy atom. The zero-order valence-corrected chi connectivity index (χ0v) is 11.7. The van der Waals surface area contributed by atoms with E-state index in [4.69, 9.17) is 0 Å². The van der Waals surface area contributed by atoms with Crippen molar-refractivity contribution in [2.45, 2.75) is 19.6 Å². The predicted molar refractivity (Wildman–Crippen MR) is 72.6 cm³/mol. The number of nitrogens with zero attached hydrogens (tertiary/aromatic N) is 1. The van der Waals surface area contributed by atoms with Gasteiger partial charge in [0.25, 0.3) is 0 Å². The predicted octanol–water partition coefficient (Wildman–Crippen LogP) is 3.57. The maximum Gasteiger partial charge on any atom is 0.223 e. The van der Waals surface area contributed by atoms with Crippen LogP contribution in [0.2, 0.25) is 19.6 Å². The molecule has 0 unspecified atom stereocenters. The van der Waals surface area contributed by atoms with Crippen molar-refractivity contribution in [2.75, 3.05) is 0 Å². The Morgan fingerprint density at radius 3 is 2.33 bits per heavy atom. The van der Waals surface area contributed by atoms with E-state index in [2.05, 4.69) is 30.7 Å². The first-order chi connectivity index (χ1) is 8.38. The summed E-state index contributed by atoms with van der Waals surface area (Å²) >= 11 is 0. The van der Waals surface area contributed by atoms with Gasteiger partial charge in [0.05, 0.1) is 8.07 Å². The number of pyridine rings is 1. The lowest BCUT2D eigenvalue weighted by molar-refractivity contribution is 0.515. The van der Waals surface area contributed by atoms with Gasteiger partial charge in [-0.25, -0.2) is 0 Å². The van der Waals surface area contributed by atoms with E-state index in [1.54, 1.807) is 0 Å². The van der Waals surface area contributed by atoms with Gasteiger partial charge in [-0.2, -0.15) is 13.8 Å². The summed E-state index contributed by atoms with van der Waals surface area (Å²) in [5, 5.41) is 1.24. The summed E-state index contributed by atoms with van der Waals surface area (Å²) in [7, 11) is -1.44. The molecule has 0 aliphatic rings. The third-order valence-corrected chi connectivity index (χ3v) is 4.90. The van der Waals surface area contributed by atoms with E-state index in [1.165, 1.54) is 17.3 Å². The van der Waals surface area contributed by atoms with Gasteiger partial charge in [0.15, 0.2) is 0 Å². The van der Waals surface area contributed by atoms with E-state index < -0.39 is 20.0 Å². The summed E-state index contributed by atoms with van der Waals surface area (Å²) in [5.74, 6) is -1.56. The molecule has 0 saturated carbocycles. The van der Waals surface area contributed by atoms with Crippen LogP contribution >= 0.6 is 0 Å². The molecule has 0 atom stereocenters. The first kappa shape index (κ1) is 12.9. The first-order valence-corrected chi connectivity index (χ1v) is 9.31. The minimum atomic E-state index is -1.44. The van der Waals surface area contributed by atoms with Gasteiger partial charge in [-0.15, -0.1) is 0 Å². The second-order valence-electron chi connectivity index (χ2n) is 5.30. The molecule has 0 saturated heterocycles. The van der Waals surface area contributed by atoms with Crippen molar-refractivity contribution in [3.63, 3.8) is 0 Å². The fourth-order valence-electron chi connectivity index (χ4n) is 1.78. The normalized spacial score (nSPS) is 11.6. The molecule has 0 amide bonds. The second kappa shape index (κ2) is 4.61. The molecule has 0 radical (unpaired) electrons. The van der Waals surface area contributed by atoms with E-state index in [9.17, 15) is 8.78 Å². The molecule has 1 aromatic carbocycles. The Hall–Kier alpha value is -1.55. The highest BCUT2D eigenvalue weighted by Crippen LogP contribution is 2.21. The van der Waals surface area contributed by atoms with Crippen LogP contribution in [0.1, 0.15) is 0 Å². The molecule has 1 heterocycles. The molecular formula is C14H15F2NSi. The average Bonchev–Trinajstić information content (AvgIpc) is 2.28. The summed E-state index contributed by atoms with van der Waals surface area (Å²) < 4.78 is 26.4. The molecule has 18 heavy (non-hydrogen) atoms. The van der Waals surface area contributed by atoms with Crippen LogP contribution in [-0.2, 0) is 0 Å². The Labute approximate surface area is 107 Å². The van der Waals surface area contributed by atoms with Crippen LogP contribution in [0, 0.1) is 11.9 Å². The minimum absolute atomic E-state index is 0.344. The van der Waals surface area contributed by atoms with Gasteiger partial charge in [0.1, 0.15) is 0 Å². The van der Waals surface area contributed by atoms with Crippen LogP contribution in [0.15, 0.2) is 36.4 Å². The summed E-state index contributed by atoms with van der Waals surface area (Å²) in [6.45, 7) is 6.68. The molecule has 1 aromatic heterocycles. The lowest BCUT2D eigenvalue weighted by Crippen LogP contribution is -2.37. The highest BCUT2D eigenvalue weighted by molar-refractivity contribution is 6.88. The fourth-order valence-corrected chi connectivity index (χ4v) is 2.97. The molecule has 1 nitrogen and oxygen atoms in total. The van der Waals surface area contributed by atoms with E-state index in [0.29, 0.717) is 5.56 Å². The maximum absolute atomic E-state index is 13.6. The van der Waals surface area contributed by atoms with Crippen molar-refractivity contribution >= 4 is 13.3 Å². The molecule has 2 rings (SSSR count). The van der Waals surface area contributed by atoms with Gasteiger partial charge in [-0.05, 0) is 17.7 Å². The van der Waals surface area contributed by atoms with E-state index in [-0.39, 0.29) is 0 Å². The smallest absolute Gasteiger partial charge is 0.190 e. The highest BCUT2D eigenvalue weighted by Gasteiger charge is 2.17. The quantitative estimate of drug-likeness (QED) is 0.596. The van der Waals surface area contributed by atoms with Gasteiger partial charge in [-0.1, -0.05) is 49.1 Å². The van der Waals surface area contributed by atoms with Crippen LogP contribution in [0.25, 0.3) is 11.1 Å². The summed E-state index contributed by atoms with van der Waals surface area (Å²) in [6.07, 6.45) is 0. The number of rotatable bonds is 2. The van der Waals surface area contributed by atoms with Crippen molar-refractivity contribution in [1.82, 2.24) is 4.98 Å². The van der Waals surface area contributed by atoms with Crippen molar-refractivity contribution in [3.05, 3.63) is 48.3 Å². The molecule has 0 aliphatic heterocycles. The standard InChI is InChI=1S/C14H15F2NSi/c1-18(2,3)11-6-4-5-10(9-11)12-7-8-13(15)17-14(12)16/h4-9H,1-3H3. The Morgan fingerprint density at radius 1 is 1.00 bits per heavy atom. The third kappa shape index (κ3) is 2.64. The Kier molecular flexibility index (Phi) is 3.30. The van der Waals surface area contributed by atoms with E-state index in [0.717, 1.165) is 5.56 Å². The van der Waals surface area contributed by atoms with Crippen molar-refractivity contribution in [1.29, 1.82) is 0 Å². The molecule has 4 heteroatoms. The third-order valence-electron chi connectivity index (χ3n) is 2.85. The van der Waals surface area contributed by atoms with E-state index in [1.807, 2.05) is 18.2 Å². The number of aromatic nitrogens is 1. The SMILES string of the molecule is C[Si](C)(C)c1cccc(-c2ccc(F)nc2F)c1. The van der Waals surface area contributed by atoms with Crippen molar-refractivity contribution in [3.8, 4) is 11.1 Å². The number of benzene rings is 1. The number of halogens is 2. The van der Waals surface area contributed by atoms with Crippen LogP contribution in [0.5, 0.6) is 0 Å². The van der Waals surface area contributed by atoms with Gasteiger partial charge in [0.2, 0.25) is 11.9 Å². The largest absolute Gasteiger partial charge is 0.223 e. The summed E-state index contributed by atoms with van der Waals surface area (Å²) in [5.41, 5.74) is 1.09.